The number of nitrogens with zero attached hydrogens (tertiary/aromatic N) is 2. The van der Waals surface area contributed by atoms with Crippen molar-refractivity contribution < 1.29 is 9.53 Å². The summed E-state index contributed by atoms with van der Waals surface area (Å²) in [5.41, 5.74) is 4.50. The molecule has 0 aliphatic carbocycles. The molecule has 0 radical (unpaired) electrons. The molecule has 0 spiro atoms. The number of anilines is 1. The first kappa shape index (κ1) is 18.1. The highest BCUT2D eigenvalue weighted by Crippen LogP contribution is 2.30. The number of benzene rings is 2. The third-order valence-electron chi connectivity index (χ3n) is 4.98. The topological polar surface area (TPSA) is 46.5 Å². The Morgan fingerprint density at radius 3 is 2.89 bits per heavy atom. The second-order valence-electron chi connectivity index (χ2n) is 6.76. The van der Waals surface area contributed by atoms with Crippen LogP contribution in [0, 0.1) is 0 Å². The van der Waals surface area contributed by atoms with Crippen molar-refractivity contribution in [1.29, 1.82) is 0 Å². The van der Waals surface area contributed by atoms with E-state index in [0.29, 0.717) is 19.7 Å². The van der Waals surface area contributed by atoms with Crippen molar-refractivity contribution in [3.8, 4) is 0 Å². The number of hydrogen-bond acceptors (Lipinski definition) is 2. The van der Waals surface area contributed by atoms with Crippen molar-refractivity contribution in [3.05, 3.63) is 64.3 Å². The average Bonchev–Trinajstić information content (AvgIpc) is 2.90. The molecule has 27 heavy (non-hydrogen) atoms. The van der Waals surface area contributed by atoms with Crippen LogP contribution < -0.4 is 5.32 Å². The van der Waals surface area contributed by atoms with Crippen LogP contribution in [0.4, 0.5) is 10.5 Å². The van der Waals surface area contributed by atoms with Gasteiger partial charge in [0.25, 0.3) is 0 Å². The van der Waals surface area contributed by atoms with Gasteiger partial charge in [0.15, 0.2) is 0 Å². The first-order valence-corrected chi connectivity index (χ1v) is 9.85. The summed E-state index contributed by atoms with van der Waals surface area (Å²) < 4.78 is 8.44. The first-order chi connectivity index (χ1) is 13.2. The number of carbonyl (C=O) groups excluding carboxylic acids is 1. The molecule has 2 heterocycles. The van der Waals surface area contributed by atoms with Gasteiger partial charge in [0.2, 0.25) is 0 Å². The highest BCUT2D eigenvalue weighted by molar-refractivity contribution is 9.10. The first-order valence-electron chi connectivity index (χ1n) is 9.06. The van der Waals surface area contributed by atoms with Crippen molar-refractivity contribution in [2.75, 3.05) is 25.6 Å². The molecule has 2 aromatic carbocycles. The maximum Gasteiger partial charge on any atom is 0.322 e. The lowest BCUT2D eigenvalue weighted by Gasteiger charge is -2.22. The lowest BCUT2D eigenvalue weighted by molar-refractivity contribution is 0.188. The molecule has 1 aliphatic rings. The minimum Gasteiger partial charge on any atom is -0.383 e. The Bertz CT molecular complexity index is 983. The number of urea groups is 1. The van der Waals surface area contributed by atoms with Gasteiger partial charge in [0.1, 0.15) is 0 Å². The molecule has 3 aromatic rings. The number of nitrogens with one attached hydrogen (secondary N) is 1. The molecular weight excluding hydrogens is 406 g/mol. The monoisotopic (exact) mass is 427 g/mol. The summed E-state index contributed by atoms with van der Waals surface area (Å²) in [5.74, 6) is 0. The lowest BCUT2D eigenvalue weighted by atomic mass is 10.1. The van der Waals surface area contributed by atoms with Gasteiger partial charge < -0.3 is 19.5 Å². The number of carbonyl (C=O) groups is 1. The Morgan fingerprint density at radius 2 is 2.07 bits per heavy atom. The molecule has 5 nitrogen and oxygen atoms in total. The van der Waals surface area contributed by atoms with Crippen LogP contribution in [0.25, 0.3) is 10.9 Å². The number of amides is 2. The lowest BCUT2D eigenvalue weighted by Crippen LogP contribution is -2.35. The Morgan fingerprint density at radius 1 is 1.22 bits per heavy atom. The van der Waals surface area contributed by atoms with Crippen molar-refractivity contribution in [2.45, 2.75) is 19.5 Å². The summed E-state index contributed by atoms with van der Waals surface area (Å²) in [6, 6.07) is 13.9. The number of rotatable bonds is 4. The van der Waals surface area contributed by atoms with Crippen LogP contribution in [-0.4, -0.2) is 35.8 Å². The maximum absolute atomic E-state index is 12.8. The van der Waals surface area contributed by atoms with Crippen molar-refractivity contribution in [2.24, 2.45) is 0 Å². The number of methoxy groups -OCH3 is 1. The summed E-state index contributed by atoms with van der Waals surface area (Å²) in [4.78, 5) is 14.7. The maximum atomic E-state index is 12.8. The molecule has 1 aromatic heterocycles. The van der Waals surface area contributed by atoms with E-state index in [0.717, 1.165) is 23.1 Å². The number of hydrogen-bond donors (Lipinski definition) is 1. The van der Waals surface area contributed by atoms with Gasteiger partial charge in [-0.2, -0.15) is 0 Å². The molecule has 0 fully saturated rings. The van der Waals surface area contributed by atoms with E-state index in [2.05, 4.69) is 50.2 Å². The fourth-order valence-corrected chi connectivity index (χ4v) is 4.10. The van der Waals surface area contributed by atoms with Crippen molar-refractivity contribution in [3.63, 3.8) is 0 Å². The Labute approximate surface area is 167 Å². The minimum atomic E-state index is -0.0671. The van der Waals surface area contributed by atoms with Gasteiger partial charge in [-0.3, -0.25) is 0 Å². The van der Waals surface area contributed by atoms with Crippen LogP contribution in [0.1, 0.15) is 11.1 Å². The molecule has 0 bridgehead atoms. The molecule has 0 saturated carbocycles. The van der Waals surface area contributed by atoms with Crippen LogP contribution in [0.5, 0.6) is 0 Å². The normalized spacial score (nSPS) is 13.6. The van der Waals surface area contributed by atoms with Gasteiger partial charge in [-0.05, 0) is 41.8 Å². The molecule has 0 saturated heterocycles. The van der Waals surface area contributed by atoms with Crippen LogP contribution >= 0.6 is 15.9 Å². The van der Waals surface area contributed by atoms with E-state index in [1.165, 1.54) is 22.0 Å². The van der Waals surface area contributed by atoms with E-state index < -0.39 is 0 Å². The van der Waals surface area contributed by atoms with E-state index in [4.69, 9.17) is 4.74 Å². The van der Waals surface area contributed by atoms with E-state index >= 15 is 0 Å². The van der Waals surface area contributed by atoms with Crippen LogP contribution in [0.15, 0.2) is 53.1 Å². The van der Waals surface area contributed by atoms with E-state index in [1.54, 1.807) is 7.11 Å². The van der Waals surface area contributed by atoms with Gasteiger partial charge in [-0.15, -0.1) is 0 Å². The zero-order valence-corrected chi connectivity index (χ0v) is 16.8. The quantitative estimate of drug-likeness (QED) is 0.658. The predicted octanol–water partition coefficient (Wildman–Crippen LogP) is 4.64. The van der Waals surface area contributed by atoms with E-state index in [-0.39, 0.29) is 6.03 Å². The third kappa shape index (κ3) is 3.73. The smallest absolute Gasteiger partial charge is 0.322 e. The van der Waals surface area contributed by atoms with Crippen LogP contribution in [0.2, 0.25) is 0 Å². The second-order valence-corrected chi connectivity index (χ2v) is 7.68. The Hall–Kier alpha value is -2.31. The fraction of sp³-hybridized carbons (Fsp3) is 0.286. The molecule has 0 unspecified atom stereocenters. The third-order valence-corrected chi connectivity index (χ3v) is 5.48. The predicted molar refractivity (Wildman–Crippen MR) is 111 cm³/mol. The highest BCUT2D eigenvalue weighted by atomic mass is 79.9. The molecule has 0 atom stereocenters. The largest absolute Gasteiger partial charge is 0.383 e. The molecule has 4 rings (SSSR count). The summed E-state index contributed by atoms with van der Waals surface area (Å²) in [6.07, 6.45) is 3.06. The second kappa shape index (κ2) is 7.74. The average molecular weight is 428 g/mol. The summed E-state index contributed by atoms with van der Waals surface area (Å²) in [7, 11) is 1.73. The van der Waals surface area contributed by atoms with Gasteiger partial charge >= 0.3 is 6.03 Å². The molecule has 140 valence electrons. The van der Waals surface area contributed by atoms with E-state index in [1.807, 2.05) is 29.2 Å². The summed E-state index contributed by atoms with van der Waals surface area (Å²) in [6.45, 7) is 2.83. The SMILES string of the molecule is COCCn1cc2c3c(cccc31)CN(C(=O)Nc1cccc(Br)c1)CC2. The fourth-order valence-electron chi connectivity index (χ4n) is 3.70. The number of ether oxygens (including phenoxy) is 1. The molecular formula is C21H22BrN3O2. The van der Waals surface area contributed by atoms with Crippen molar-refractivity contribution >= 4 is 38.6 Å². The van der Waals surface area contributed by atoms with Gasteiger partial charge in [0, 0.05) is 54.0 Å². The Kier molecular flexibility index (Phi) is 5.18. The van der Waals surface area contributed by atoms with Gasteiger partial charge in [-0.1, -0.05) is 34.1 Å². The van der Waals surface area contributed by atoms with Crippen LogP contribution in [-0.2, 0) is 24.2 Å². The zero-order valence-electron chi connectivity index (χ0n) is 15.2. The van der Waals surface area contributed by atoms with Crippen molar-refractivity contribution in [1.82, 2.24) is 9.47 Å². The molecule has 2 amide bonds. The standard InChI is InChI=1S/C21H22BrN3O2/c1-27-11-10-24-13-16-8-9-25(14-15-4-2-7-19(24)20(15)16)21(26)23-18-6-3-5-17(22)12-18/h2-7,12-13H,8-11,14H2,1H3,(H,23,26). The zero-order chi connectivity index (χ0) is 18.8. The highest BCUT2D eigenvalue weighted by Gasteiger charge is 2.22. The summed E-state index contributed by atoms with van der Waals surface area (Å²) >= 11 is 3.44. The molecule has 1 aliphatic heterocycles. The minimum absolute atomic E-state index is 0.0671. The molecule has 6 heteroatoms. The van der Waals surface area contributed by atoms with Crippen LogP contribution in [0.3, 0.4) is 0 Å². The van der Waals surface area contributed by atoms with E-state index in [9.17, 15) is 4.79 Å². The van der Waals surface area contributed by atoms with Gasteiger partial charge in [0.05, 0.1) is 6.61 Å². The number of halogens is 1. The number of aromatic nitrogens is 1. The Balaban J connectivity index is 1.58. The van der Waals surface area contributed by atoms with Gasteiger partial charge in [-0.25, -0.2) is 4.79 Å². The molecule has 1 N–H and O–H groups in total. The summed E-state index contributed by atoms with van der Waals surface area (Å²) in [5, 5.41) is 4.29.